The summed E-state index contributed by atoms with van der Waals surface area (Å²) in [5.74, 6) is 0.296. The number of hydrogen-bond acceptors (Lipinski definition) is 4. The van der Waals surface area contributed by atoms with Gasteiger partial charge < -0.3 is 10.1 Å². The molecule has 2 aromatic rings. The van der Waals surface area contributed by atoms with E-state index in [1.165, 1.54) is 5.01 Å². The quantitative estimate of drug-likeness (QED) is 0.787. The molecule has 1 heterocycles. The Morgan fingerprint density at radius 3 is 2.69 bits per heavy atom. The fraction of sp³-hybridized carbons (Fsp3) is 0.158. The fourth-order valence-electron chi connectivity index (χ4n) is 2.57. The summed E-state index contributed by atoms with van der Waals surface area (Å²) in [5, 5.41) is 4.22. The maximum atomic E-state index is 12.5. The van der Waals surface area contributed by atoms with Gasteiger partial charge in [0.2, 0.25) is 5.91 Å². The van der Waals surface area contributed by atoms with Crippen molar-refractivity contribution in [2.75, 3.05) is 12.1 Å². The number of halogens is 1. The number of methoxy groups -OCH3 is 1. The number of rotatable bonds is 5. The molecule has 1 aliphatic rings. The molecule has 0 aliphatic carbocycles. The summed E-state index contributed by atoms with van der Waals surface area (Å²) >= 11 is 3.36. The van der Waals surface area contributed by atoms with Crippen LogP contribution in [0.5, 0.6) is 5.75 Å². The first kappa shape index (κ1) is 18.0. The van der Waals surface area contributed by atoms with Crippen LogP contribution in [-0.2, 0) is 16.1 Å². The number of anilines is 1. The molecule has 134 valence electrons. The van der Waals surface area contributed by atoms with Gasteiger partial charge in [-0.2, -0.15) is 0 Å². The minimum absolute atomic E-state index is 0.131. The minimum Gasteiger partial charge on any atom is -0.496 e. The lowest BCUT2D eigenvalue weighted by Crippen LogP contribution is -2.48. The van der Waals surface area contributed by atoms with Crippen molar-refractivity contribution in [3.63, 3.8) is 0 Å². The average molecular weight is 416 g/mol. The van der Waals surface area contributed by atoms with Gasteiger partial charge in [-0.3, -0.25) is 15.0 Å². The number of benzene rings is 2. The highest BCUT2D eigenvalue weighted by molar-refractivity contribution is 9.10. The first-order chi connectivity index (χ1) is 12.6. The summed E-state index contributed by atoms with van der Waals surface area (Å²) in [6.45, 7) is 0.327. The Labute approximate surface area is 159 Å². The van der Waals surface area contributed by atoms with Gasteiger partial charge in [0.1, 0.15) is 11.4 Å². The highest BCUT2D eigenvalue weighted by Gasteiger charge is 2.24. The van der Waals surface area contributed by atoms with Crippen LogP contribution < -0.4 is 20.5 Å². The number of carbonyl (C=O) groups excluding carboxylic acids is 2. The lowest BCUT2D eigenvalue weighted by molar-refractivity contribution is -0.120. The molecule has 0 radical (unpaired) electrons. The molecule has 7 heteroatoms. The zero-order chi connectivity index (χ0) is 18.5. The predicted molar refractivity (Wildman–Crippen MR) is 102 cm³/mol. The van der Waals surface area contributed by atoms with E-state index >= 15 is 0 Å². The number of hydrogen-bond donors (Lipinski definition) is 2. The molecule has 26 heavy (non-hydrogen) atoms. The van der Waals surface area contributed by atoms with Gasteiger partial charge in [0.15, 0.2) is 0 Å². The van der Waals surface area contributed by atoms with Crippen LogP contribution in [0.25, 0.3) is 0 Å². The van der Waals surface area contributed by atoms with Gasteiger partial charge in [-0.15, -0.1) is 0 Å². The third-order valence-electron chi connectivity index (χ3n) is 3.92. The summed E-state index contributed by atoms with van der Waals surface area (Å²) in [6, 6.07) is 14.8. The summed E-state index contributed by atoms with van der Waals surface area (Å²) in [5.41, 5.74) is 4.77. The van der Waals surface area contributed by atoms with Crippen molar-refractivity contribution in [3.05, 3.63) is 70.3 Å². The largest absolute Gasteiger partial charge is 0.496 e. The Morgan fingerprint density at radius 1 is 1.23 bits per heavy atom. The Hall–Kier alpha value is -2.80. The maximum Gasteiger partial charge on any atom is 0.269 e. The Balaban J connectivity index is 1.67. The molecule has 0 unspecified atom stereocenters. The van der Waals surface area contributed by atoms with Crippen molar-refractivity contribution >= 4 is 33.4 Å². The molecular weight excluding hydrogens is 398 g/mol. The SMILES string of the molecule is COc1ccccc1CNC(=O)C1=CCC(=O)N(c2ccc(Br)cc2)N1. The number of nitrogens with one attached hydrogen (secondary N) is 2. The Morgan fingerprint density at radius 2 is 1.96 bits per heavy atom. The van der Waals surface area contributed by atoms with E-state index < -0.39 is 0 Å². The summed E-state index contributed by atoms with van der Waals surface area (Å²) in [6.07, 6.45) is 1.75. The smallest absolute Gasteiger partial charge is 0.269 e. The van der Waals surface area contributed by atoms with E-state index in [0.29, 0.717) is 23.7 Å². The molecule has 0 saturated carbocycles. The van der Waals surface area contributed by atoms with Crippen LogP contribution in [0.2, 0.25) is 0 Å². The average Bonchev–Trinajstić information content (AvgIpc) is 2.67. The van der Waals surface area contributed by atoms with E-state index in [-0.39, 0.29) is 18.2 Å². The summed E-state index contributed by atoms with van der Waals surface area (Å²) in [4.78, 5) is 24.7. The highest BCUT2D eigenvalue weighted by atomic mass is 79.9. The van der Waals surface area contributed by atoms with Crippen LogP contribution >= 0.6 is 15.9 Å². The van der Waals surface area contributed by atoms with Gasteiger partial charge in [0, 0.05) is 23.0 Å². The van der Waals surface area contributed by atoms with Crippen molar-refractivity contribution in [1.82, 2.24) is 10.7 Å². The van der Waals surface area contributed by atoms with Crippen LogP contribution in [0.4, 0.5) is 5.69 Å². The number of carbonyl (C=O) groups is 2. The van der Waals surface area contributed by atoms with E-state index in [9.17, 15) is 9.59 Å². The molecule has 0 aromatic heterocycles. The standard InChI is InChI=1S/C19H18BrN3O3/c1-26-17-5-3-2-4-13(17)12-21-19(25)16-10-11-18(24)23(22-16)15-8-6-14(20)7-9-15/h2-10,22H,11-12H2,1H3,(H,21,25). The second-order valence-corrected chi connectivity index (χ2v) is 6.55. The molecule has 0 fully saturated rings. The molecule has 0 bridgehead atoms. The van der Waals surface area contributed by atoms with Gasteiger partial charge in [0.25, 0.3) is 5.91 Å². The Kier molecular flexibility index (Phi) is 5.58. The number of nitrogens with zero attached hydrogens (tertiary/aromatic N) is 1. The van der Waals surface area contributed by atoms with Crippen molar-refractivity contribution in [2.24, 2.45) is 0 Å². The highest BCUT2D eigenvalue weighted by Crippen LogP contribution is 2.21. The monoisotopic (exact) mass is 415 g/mol. The van der Waals surface area contributed by atoms with Crippen LogP contribution in [0.1, 0.15) is 12.0 Å². The molecule has 2 amide bonds. The van der Waals surface area contributed by atoms with Gasteiger partial charge in [-0.05, 0) is 36.4 Å². The molecule has 0 atom stereocenters. The maximum absolute atomic E-state index is 12.5. The normalized spacial score (nSPS) is 13.7. The van der Waals surface area contributed by atoms with Crippen molar-refractivity contribution in [2.45, 2.75) is 13.0 Å². The molecule has 1 aliphatic heterocycles. The summed E-state index contributed by atoms with van der Waals surface area (Å²) in [7, 11) is 1.59. The van der Waals surface area contributed by atoms with E-state index in [2.05, 4.69) is 26.7 Å². The summed E-state index contributed by atoms with van der Waals surface area (Å²) < 4.78 is 6.20. The van der Waals surface area contributed by atoms with Gasteiger partial charge >= 0.3 is 0 Å². The van der Waals surface area contributed by atoms with Gasteiger partial charge in [-0.25, -0.2) is 5.01 Å². The topological polar surface area (TPSA) is 70.7 Å². The molecule has 3 rings (SSSR count). The molecule has 6 nitrogen and oxygen atoms in total. The van der Waals surface area contributed by atoms with Gasteiger partial charge in [-0.1, -0.05) is 34.1 Å². The number of hydrazine groups is 1. The molecule has 2 aromatic carbocycles. The predicted octanol–water partition coefficient (Wildman–Crippen LogP) is 2.90. The van der Waals surface area contributed by atoms with E-state index in [1.807, 2.05) is 36.4 Å². The molecule has 2 N–H and O–H groups in total. The molecular formula is C19H18BrN3O3. The van der Waals surface area contributed by atoms with E-state index in [4.69, 9.17) is 4.74 Å². The number of amides is 2. The Bertz CT molecular complexity index is 849. The third-order valence-corrected chi connectivity index (χ3v) is 4.45. The van der Waals surface area contributed by atoms with Crippen molar-refractivity contribution in [3.8, 4) is 5.75 Å². The number of para-hydroxylation sites is 1. The van der Waals surface area contributed by atoms with Crippen molar-refractivity contribution < 1.29 is 14.3 Å². The van der Waals surface area contributed by atoms with Crippen molar-refractivity contribution in [1.29, 1.82) is 0 Å². The van der Waals surface area contributed by atoms with Crippen LogP contribution in [0, 0.1) is 0 Å². The van der Waals surface area contributed by atoms with Crippen LogP contribution in [0.15, 0.2) is 64.8 Å². The lowest BCUT2D eigenvalue weighted by atomic mass is 10.2. The second-order valence-electron chi connectivity index (χ2n) is 5.63. The fourth-order valence-corrected chi connectivity index (χ4v) is 2.84. The second kappa shape index (κ2) is 8.05. The molecule has 0 saturated heterocycles. The molecule has 0 spiro atoms. The van der Waals surface area contributed by atoms with Crippen LogP contribution in [-0.4, -0.2) is 18.9 Å². The van der Waals surface area contributed by atoms with Crippen LogP contribution in [0.3, 0.4) is 0 Å². The van der Waals surface area contributed by atoms with E-state index in [0.717, 1.165) is 10.0 Å². The first-order valence-electron chi connectivity index (χ1n) is 8.04. The zero-order valence-electron chi connectivity index (χ0n) is 14.2. The minimum atomic E-state index is -0.287. The van der Waals surface area contributed by atoms with E-state index in [1.54, 1.807) is 25.3 Å². The van der Waals surface area contributed by atoms with Gasteiger partial charge in [0.05, 0.1) is 12.8 Å². The third kappa shape index (κ3) is 4.05. The zero-order valence-corrected chi connectivity index (χ0v) is 15.7. The lowest BCUT2D eigenvalue weighted by Gasteiger charge is -2.28. The first-order valence-corrected chi connectivity index (χ1v) is 8.83. The number of ether oxygens (including phenoxy) is 1.